The number of carbonyl (C=O) groups is 1. The first-order valence-electron chi connectivity index (χ1n) is 7.54. The molecular formula is C17H16ClN3O3S. The lowest BCUT2D eigenvalue weighted by molar-refractivity contribution is 0.0424. The van der Waals surface area contributed by atoms with Crippen LogP contribution in [0, 0.1) is 0 Å². The summed E-state index contributed by atoms with van der Waals surface area (Å²) in [6.45, 7) is 5.83. The molecule has 0 spiro atoms. The molecule has 0 aliphatic heterocycles. The normalized spacial score (nSPS) is 11.5. The second kappa shape index (κ2) is 6.93. The van der Waals surface area contributed by atoms with Gasteiger partial charge in [0, 0.05) is 21.4 Å². The number of ether oxygens (including phenoxy) is 1. The molecule has 0 aliphatic rings. The predicted molar refractivity (Wildman–Crippen MR) is 94.7 cm³/mol. The van der Waals surface area contributed by atoms with E-state index in [1.54, 1.807) is 17.5 Å². The molecule has 0 unspecified atom stereocenters. The van der Waals surface area contributed by atoms with Crippen LogP contribution in [-0.4, -0.2) is 21.1 Å². The lowest BCUT2D eigenvalue weighted by atomic mass is 9.96. The van der Waals surface area contributed by atoms with E-state index in [9.17, 15) is 4.79 Å². The summed E-state index contributed by atoms with van der Waals surface area (Å²) in [6.07, 6.45) is 0. The number of aromatic nitrogens is 3. The average molecular weight is 378 g/mol. The fourth-order valence-corrected chi connectivity index (χ4v) is 2.92. The number of hydrogen-bond acceptors (Lipinski definition) is 7. The Morgan fingerprint density at radius 1 is 1.32 bits per heavy atom. The lowest BCUT2D eigenvalue weighted by Gasteiger charge is -2.10. The third kappa shape index (κ3) is 4.24. The molecule has 25 heavy (non-hydrogen) atoms. The van der Waals surface area contributed by atoms with Crippen molar-refractivity contribution in [3.63, 3.8) is 0 Å². The number of esters is 1. The Bertz CT molecular complexity index is 898. The molecule has 3 aromatic rings. The molecule has 8 heteroatoms. The van der Waals surface area contributed by atoms with E-state index in [1.165, 1.54) is 11.3 Å². The van der Waals surface area contributed by atoms with Crippen LogP contribution >= 0.6 is 22.9 Å². The first kappa shape index (κ1) is 17.6. The van der Waals surface area contributed by atoms with Crippen molar-refractivity contribution < 1.29 is 14.1 Å². The minimum atomic E-state index is -0.542. The number of carbonyl (C=O) groups excluding carboxylic acids is 1. The summed E-state index contributed by atoms with van der Waals surface area (Å²) in [4.78, 5) is 20.7. The SMILES string of the molecule is CC(C)(C)c1noc(COC(=O)c2csc(-c3cccc(Cl)c3)n2)n1. The molecule has 2 heterocycles. The van der Waals surface area contributed by atoms with Gasteiger partial charge in [-0.2, -0.15) is 4.98 Å². The van der Waals surface area contributed by atoms with E-state index in [0.29, 0.717) is 15.9 Å². The maximum Gasteiger partial charge on any atom is 0.358 e. The van der Waals surface area contributed by atoms with Crippen molar-refractivity contribution in [2.45, 2.75) is 32.8 Å². The summed E-state index contributed by atoms with van der Waals surface area (Å²) in [5.41, 5.74) is 0.853. The molecule has 3 rings (SSSR count). The van der Waals surface area contributed by atoms with Gasteiger partial charge in [-0.3, -0.25) is 0 Å². The van der Waals surface area contributed by atoms with Crippen LogP contribution in [-0.2, 0) is 16.8 Å². The highest BCUT2D eigenvalue weighted by Crippen LogP contribution is 2.26. The summed E-state index contributed by atoms with van der Waals surface area (Å²) in [7, 11) is 0. The van der Waals surface area contributed by atoms with Crippen LogP contribution < -0.4 is 0 Å². The van der Waals surface area contributed by atoms with Crippen molar-refractivity contribution in [3.05, 3.63) is 52.1 Å². The van der Waals surface area contributed by atoms with Gasteiger partial charge in [-0.25, -0.2) is 9.78 Å². The number of benzene rings is 1. The zero-order valence-electron chi connectivity index (χ0n) is 13.9. The monoisotopic (exact) mass is 377 g/mol. The number of hydrogen-bond donors (Lipinski definition) is 0. The van der Waals surface area contributed by atoms with Crippen LogP contribution in [0.5, 0.6) is 0 Å². The maximum absolute atomic E-state index is 12.1. The van der Waals surface area contributed by atoms with E-state index in [0.717, 1.165) is 5.56 Å². The standard InChI is InChI=1S/C17H16ClN3O3S/c1-17(2,3)16-20-13(24-21-16)8-23-15(22)12-9-25-14(19-12)10-5-4-6-11(18)7-10/h4-7,9H,8H2,1-3H3. The molecule has 0 N–H and O–H groups in total. The summed E-state index contributed by atoms with van der Waals surface area (Å²) >= 11 is 7.32. The Morgan fingerprint density at radius 2 is 2.12 bits per heavy atom. The maximum atomic E-state index is 12.1. The zero-order valence-corrected chi connectivity index (χ0v) is 15.5. The third-order valence-electron chi connectivity index (χ3n) is 3.25. The van der Waals surface area contributed by atoms with Crippen LogP contribution in [0.25, 0.3) is 10.6 Å². The quantitative estimate of drug-likeness (QED) is 0.623. The Kier molecular flexibility index (Phi) is 4.87. The van der Waals surface area contributed by atoms with Gasteiger partial charge in [0.05, 0.1) is 0 Å². The highest BCUT2D eigenvalue weighted by molar-refractivity contribution is 7.13. The molecule has 1 aromatic carbocycles. The van der Waals surface area contributed by atoms with Gasteiger partial charge in [-0.15, -0.1) is 11.3 Å². The number of rotatable bonds is 4. The molecule has 0 amide bonds. The molecule has 0 fully saturated rings. The lowest BCUT2D eigenvalue weighted by Crippen LogP contribution is -2.13. The van der Waals surface area contributed by atoms with Crippen LogP contribution in [0.3, 0.4) is 0 Å². The highest BCUT2D eigenvalue weighted by atomic mass is 35.5. The third-order valence-corrected chi connectivity index (χ3v) is 4.38. The Balaban J connectivity index is 1.65. The van der Waals surface area contributed by atoms with Crippen molar-refractivity contribution in [1.29, 1.82) is 0 Å². The average Bonchev–Trinajstić information content (AvgIpc) is 3.21. The molecular weight excluding hydrogens is 362 g/mol. The predicted octanol–water partition coefficient (Wildman–Crippen LogP) is 4.50. The minimum Gasteiger partial charge on any atom is -0.451 e. The molecule has 0 atom stereocenters. The van der Waals surface area contributed by atoms with Crippen molar-refractivity contribution in [2.75, 3.05) is 0 Å². The van der Waals surface area contributed by atoms with E-state index >= 15 is 0 Å². The van der Waals surface area contributed by atoms with Gasteiger partial charge in [0.15, 0.2) is 18.1 Å². The van der Waals surface area contributed by atoms with Gasteiger partial charge in [-0.05, 0) is 12.1 Å². The van der Waals surface area contributed by atoms with E-state index in [-0.39, 0.29) is 23.6 Å². The summed E-state index contributed by atoms with van der Waals surface area (Å²) in [6, 6.07) is 7.29. The van der Waals surface area contributed by atoms with Gasteiger partial charge in [-0.1, -0.05) is 49.7 Å². The van der Waals surface area contributed by atoms with E-state index in [4.69, 9.17) is 20.9 Å². The van der Waals surface area contributed by atoms with Crippen LogP contribution in [0.2, 0.25) is 5.02 Å². The molecule has 2 aromatic heterocycles. The van der Waals surface area contributed by atoms with Crippen molar-refractivity contribution >= 4 is 28.9 Å². The largest absolute Gasteiger partial charge is 0.451 e. The molecule has 0 aliphatic carbocycles. The van der Waals surface area contributed by atoms with Crippen LogP contribution in [0.4, 0.5) is 0 Å². The molecule has 0 saturated carbocycles. The summed E-state index contributed by atoms with van der Waals surface area (Å²) < 4.78 is 10.3. The number of thiazole rings is 1. The van der Waals surface area contributed by atoms with Crippen LogP contribution in [0.1, 0.15) is 43.0 Å². The summed E-state index contributed by atoms with van der Waals surface area (Å²) in [5, 5.41) is 6.84. The molecule has 0 bridgehead atoms. The van der Waals surface area contributed by atoms with Gasteiger partial charge < -0.3 is 9.26 Å². The Morgan fingerprint density at radius 3 is 2.80 bits per heavy atom. The van der Waals surface area contributed by atoms with Crippen LogP contribution in [0.15, 0.2) is 34.2 Å². The topological polar surface area (TPSA) is 78.1 Å². The van der Waals surface area contributed by atoms with E-state index in [2.05, 4.69) is 15.1 Å². The number of halogens is 1. The molecule has 0 saturated heterocycles. The highest BCUT2D eigenvalue weighted by Gasteiger charge is 2.22. The van der Waals surface area contributed by atoms with Gasteiger partial charge in [0.25, 0.3) is 5.89 Å². The van der Waals surface area contributed by atoms with Gasteiger partial charge in [0.1, 0.15) is 5.01 Å². The Hall–Kier alpha value is -2.25. The fraction of sp³-hybridized carbons (Fsp3) is 0.294. The smallest absolute Gasteiger partial charge is 0.358 e. The van der Waals surface area contributed by atoms with Gasteiger partial charge in [0.2, 0.25) is 0 Å². The zero-order chi connectivity index (χ0) is 18.0. The van der Waals surface area contributed by atoms with Crippen molar-refractivity contribution in [2.24, 2.45) is 0 Å². The second-order valence-corrected chi connectivity index (χ2v) is 7.68. The van der Waals surface area contributed by atoms with Crippen molar-refractivity contribution in [1.82, 2.24) is 15.1 Å². The molecule has 130 valence electrons. The fourth-order valence-electron chi connectivity index (χ4n) is 1.94. The first-order chi connectivity index (χ1) is 11.8. The van der Waals surface area contributed by atoms with E-state index < -0.39 is 5.97 Å². The van der Waals surface area contributed by atoms with E-state index in [1.807, 2.05) is 32.9 Å². The van der Waals surface area contributed by atoms with Crippen molar-refractivity contribution in [3.8, 4) is 10.6 Å². The molecule has 0 radical (unpaired) electrons. The van der Waals surface area contributed by atoms with Gasteiger partial charge >= 0.3 is 5.97 Å². The first-order valence-corrected chi connectivity index (χ1v) is 8.80. The Labute approximate surface area is 153 Å². The molecule has 6 nitrogen and oxygen atoms in total. The number of nitrogens with zero attached hydrogens (tertiary/aromatic N) is 3. The summed E-state index contributed by atoms with van der Waals surface area (Å²) in [5.74, 6) is 0.277. The minimum absolute atomic E-state index is 0.0913. The second-order valence-electron chi connectivity index (χ2n) is 6.39.